The maximum Gasteiger partial charge on any atom is 0.258 e. The lowest BCUT2D eigenvalue weighted by atomic mass is 10.1. The van der Waals surface area contributed by atoms with Crippen LogP contribution >= 0.6 is 0 Å². The van der Waals surface area contributed by atoms with Gasteiger partial charge in [0.1, 0.15) is 5.82 Å². The molecule has 0 fully saturated rings. The van der Waals surface area contributed by atoms with Crippen LogP contribution in [0, 0.1) is 0 Å². The Kier molecular flexibility index (Phi) is 4.84. The third-order valence-corrected chi connectivity index (χ3v) is 4.48. The first kappa shape index (κ1) is 17.8. The standard InChI is InChI=1S/C20H20N6O2/c1-3-13-5-7-15(8-6-13)21-19(27)12-18-24-23-17-11-14(9-10-26(17)18)20-22-16(4-2)25-28-20/h5-11H,3-4,12H2,1-2H3,(H,21,27). The summed E-state index contributed by atoms with van der Waals surface area (Å²) in [6.45, 7) is 4.06. The van der Waals surface area contributed by atoms with Crippen molar-refractivity contribution < 1.29 is 9.32 Å². The summed E-state index contributed by atoms with van der Waals surface area (Å²) in [6.07, 6.45) is 3.60. The second-order valence-electron chi connectivity index (χ2n) is 6.40. The second kappa shape index (κ2) is 7.59. The van der Waals surface area contributed by atoms with E-state index in [9.17, 15) is 4.79 Å². The zero-order valence-corrected chi connectivity index (χ0v) is 15.7. The average molecular weight is 376 g/mol. The van der Waals surface area contributed by atoms with Crippen LogP contribution in [0.4, 0.5) is 5.69 Å². The zero-order chi connectivity index (χ0) is 19.5. The molecule has 3 heterocycles. The molecule has 0 spiro atoms. The van der Waals surface area contributed by atoms with E-state index in [0.717, 1.165) is 17.7 Å². The van der Waals surface area contributed by atoms with Gasteiger partial charge >= 0.3 is 0 Å². The van der Waals surface area contributed by atoms with Gasteiger partial charge in [-0.15, -0.1) is 10.2 Å². The maximum absolute atomic E-state index is 12.4. The van der Waals surface area contributed by atoms with Crippen molar-refractivity contribution in [2.75, 3.05) is 5.32 Å². The van der Waals surface area contributed by atoms with Gasteiger partial charge in [-0.3, -0.25) is 9.20 Å². The van der Waals surface area contributed by atoms with Crippen molar-refractivity contribution in [1.82, 2.24) is 24.7 Å². The molecule has 0 atom stereocenters. The van der Waals surface area contributed by atoms with E-state index >= 15 is 0 Å². The highest BCUT2D eigenvalue weighted by molar-refractivity contribution is 5.91. The SMILES string of the molecule is CCc1ccc(NC(=O)Cc2nnc3cc(-c4nc(CC)no4)ccn23)cc1. The number of aryl methyl sites for hydroxylation is 2. The summed E-state index contributed by atoms with van der Waals surface area (Å²) in [4.78, 5) is 16.7. The summed E-state index contributed by atoms with van der Waals surface area (Å²) in [7, 11) is 0. The van der Waals surface area contributed by atoms with E-state index in [4.69, 9.17) is 4.52 Å². The number of carbonyl (C=O) groups excluding carboxylic acids is 1. The fourth-order valence-electron chi connectivity index (χ4n) is 2.88. The smallest absolute Gasteiger partial charge is 0.258 e. The Hall–Kier alpha value is -3.55. The van der Waals surface area contributed by atoms with Gasteiger partial charge in [-0.25, -0.2) is 0 Å². The van der Waals surface area contributed by atoms with Crippen LogP contribution in [0.15, 0.2) is 47.1 Å². The summed E-state index contributed by atoms with van der Waals surface area (Å²) >= 11 is 0. The van der Waals surface area contributed by atoms with Crippen molar-refractivity contribution in [3.8, 4) is 11.5 Å². The number of amides is 1. The lowest BCUT2D eigenvalue weighted by Gasteiger charge is -2.05. The minimum atomic E-state index is -0.146. The Bertz CT molecular complexity index is 1110. The molecular weight excluding hydrogens is 356 g/mol. The Morgan fingerprint density at radius 3 is 2.64 bits per heavy atom. The molecule has 0 saturated carbocycles. The zero-order valence-electron chi connectivity index (χ0n) is 15.7. The molecule has 1 amide bonds. The number of nitrogens with zero attached hydrogens (tertiary/aromatic N) is 5. The quantitative estimate of drug-likeness (QED) is 0.555. The maximum atomic E-state index is 12.4. The van der Waals surface area contributed by atoms with E-state index < -0.39 is 0 Å². The normalized spacial score (nSPS) is 11.1. The van der Waals surface area contributed by atoms with Crippen LogP contribution in [-0.2, 0) is 24.1 Å². The summed E-state index contributed by atoms with van der Waals surface area (Å²) in [5.41, 5.74) is 3.37. The number of rotatable bonds is 6. The molecule has 0 aliphatic heterocycles. The molecule has 8 heteroatoms. The number of anilines is 1. The van der Waals surface area contributed by atoms with Crippen molar-refractivity contribution in [2.45, 2.75) is 33.1 Å². The van der Waals surface area contributed by atoms with Crippen molar-refractivity contribution in [1.29, 1.82) is 0 Å². The number of carbonyl (C=O) groups is 1. The molecule has 142 valence electrons. The van der Waals surface area contributed by atoms with E-state index in [1.54, 1.807) is 10.6 Å². The fourth-order valence-corrected chi connectivity index (χ4v) is 2.88. The van der Waals surface area contributed by atoms with Crippen LogP contribution in [0.1, 0.15) is 31.1 Å². The molecule has 1 N–H and O–H groups in total. The van der Waals surface area contributed by atoms with Crippen LogP contribution in [0.25, 0.3) is 17.1 Å². The lowest BCUT2D eigenvalue weighted by Crippen LogP contribution is -2.16. The first-order valence-electron chi connectivity index (χ1n) is 9.21. The number of benzene rings is 1. The molecule has 1 aromatic carbocycles. The van der Waals surface area contributed by atoms with Gasteiger partial charge in [-0.1, -0.05) is 31.1 Å². The third-order valence-electron chi connectivity index (χ3n) is 4.48. The van der Waals surface area contributed by atoms with Crippen LogP contribution in [0.3, 0.4) is 0 Å². The van der Waals surface area contributed by atoms with Gasteiger partial charge in [-0.05, 0) is 36.2 Å². The van der Waals surface area contributed by atoms with E-state index in [0.29, 0.717) is 29.6 Å². The molecule has 4 aromatic rings. The van der Waals surface area contributed by atoms with Gasteiger partial charge in [-0.2, -0.15) is 4.98 Å². The summed E-state index contributed by atoms with van der Waals surface area (Å²) < 4.78 is 7.04. The van der Waals surface area contributed by atoms with Crippen molar-refractivity contribution >= 4 is 17.2 Å². The summed E-state index contributed by atoms with van der Waals surface area (Å²) in [6, 6.07) is 11.5. The van der Waals surface area contributed by atoms with Gasteiger partial charge in [0, 0.05) is 23.9 Å². The molecule has 0 aliphatic carbocycles. The number of hydrogen-bond donors (Lipinski definition) is 1. The molecular formula is C20H20N6O2. The van der Waals surface area contributed by atoms with Crippen LogP contribution < -0.4 is 5.32 Å². The van der Waals surface area contributed by atoms with E-state index in [2.05, 4.69) is 32.6 Å². The number of fused-ring (bicyclic) bond motifs is 1. The van der Waals surface area contributed by atoms with Crippen molar-refractivity contribution in [2.24, 2.45) is 0 Å². The largest absolute Gasteiger partial charge is 0.334 e. The minimum absolute atomic E-state index is 0.122. The van der Waals surface area contributed by atoms with E-state index in [-0.39, 0.29) is 12.3 Å². The van der Waals surface area contributed by atoms with Gasteiger partial charge < -0.3 is 9.84 Å². The Balaban J connectivity index is 1.50. The molecule has 3 aromatic heterocycles. The Labute approximate surface area is 161 Å². The van der Waals surface area contributed by atoms with Crippen molar-refractivity contribution in [3.63, 3.8) is 0 Å². The van der Waals surface area contributed by atoms with Crippen LogP contribution in [0.2, 0.25) is 0 Å². The molecule has 0 bridgehead atoms. The van der Waals surface area contributed by atoms with Gasteiger partial charge in [0.25, 0.3) is 5.89 Å². The van der Waals surface area contributed by atoms with Gasteiger partial charge in [0.05, 0.1) is 6.42 Å². The minimum Gasteiger partial charge on any atom is -0.334 e. The number of nitrogens with one attached hydrogen (secondary N) is 1. The number of aromatic nitrogens is 5. The van der Waals surface area contributed by atoms with Crippen LogP contribution in [-0.4, -0.2) is 30.6 Å². The second-order valence-corrected chi connectivity index (χ2v) is 6.40. The van der Waals surface area contributed by atoms with Gasteiger partial charge in [0.15, 0.2) is 11.5 Å². The lowest BCUT2D eigenvalue weighted by molar-refractivity contribution is -0.115. The van der Waals surface area contributed by atoms with E-state index in [1.807, 2.05) is 43.3 Å². The highest BCUT2D eigenvalue weighted by atomic mass is 16.5. The monoisotopic (exact) mass is 376 g/mol. The Morgan fingerprint density at radius 1 is 1.11 bits per heavy atom. The molecule has 0 saturated heterocycles. The molecule has 8 nitrogen and oxygen atoms in total. The van der Waals surface area contributed by atoms with Crippen LogP contribution in [0.5, 0.6) is 0 Å². The predicted molar refractivity (Wildman–Crippen MR) is 104 cm³/mol. The van der Waals surface area contributed by atoms with Crippen molar-refractivity contribution in [3.05, 3.63) is 59.8 Å². The summed E-state index contributed by atoms with van der Waals surface area (Å²) in [5, 5.41) is 15.1. The fraction of sp³-hybridized carbons (Fsp3) is 0.250. The number of hydrogen-bond acceptors (Lipinski definition) is 6. The molecule has 0 aliphatic rings. The molecule has 28 heavy (non-hydrogen) atoms. The summed E-state index contributed by atoms with van der Waals surface area (Å²) in [5.74, 6) is 1.51. The predicted octanol–water partition coefficient (Wildman–Crippen LogP) is 3.09. The molecule has 0 radical (unpaired) electrons. The van der Waals surface area contributed by atoms with Gasteiger partial charge in [0.2, 0.25) is 5.91 Å². The highest BCUT2D eigenvalue weighted by Crippen LogP contribution is 2.19. The Morgan fingerprint density at radius 2 is 1.93 bits per heavy atom. The highest BCUT2D eigenvalue weighted by Gasteiger charge is 2.14. The average Bonchev–Trinajstić information content (AvgIpc) is 3.35. The molecule has 4 rings (SSSR count). The first-order valence-corrected chi connectivity index (χ1v) is 9.21. The third kappa shape index (κ3) is 3.62. The number of pyridine rings is 1. The van der Waals surface area contributed by atoms with E-state index in [1.165, 1.54) is 5.56 Å². The first-order chi connectivity index (χ1) is 13.7. The topological polar surface area (TPSA) is 98.2 Å². The molecule has 0 unspecified atom stereocenters.